The molecular weight excluding hydrogens is 200 g/mol. The minimum Gasteiger partial charge on any atom is -0.299 e. The van der Waals surface area contributed by atoms with E-state index in [4.69, 9.17) is 5.26 Å². The number of nitrogens with one attached hydrogen (secondary N) is 1. The molecule has 0 radical (unpaired) electrons. The highest BCUT2D eigenvalue weighted by Crippen LogP contribution is 2.22. The fraction of sp³-hybridized carbons (Fsp3) is 0.0833. The Balaban J connectivity index is 1.88. The van der Waals surface area contributed by atoms with E-state index in [1.54, 1.807) is 0 Å². The molecule has 0 amide bonds. The van der Waals surface area contributed by atoms with Crippen LogP contribution in [0.25, 0.3) is 5.70 Å². The van der Waals surface area contributed by atoms with Gasteiger partial charge >= 0.3 is 0 Å². The standard InChI is InChI=1S/C12H10N4/c13-8-10-2-4-11(5-3-10)12-9-15-6-1-7-16(15)14-12/h1-6,9,14H,7H2. The fourth-order valence-corrected chi connectivity index (χ4v) is 1.81. The van der Waals surface area contributed by atoms with Crippen LogP contribution in [0.4, 0.5) is 0 Å². The van der Waals surface area contributed by atoms with Gasteiger partial charge in [-0.3, -0.25) is 10.4 Å². The number of nitriles is 1. The summed E-state index contributed by atoms with van der Waals surface area (Å²) in [6, 6.07) is 9.66. The van der Waals surface area contributed by atoms with Gasteiger partial charge in [0.1, 0.15) is 0 Å². The van der Waals surface area contributed by atoms with Gasteiger partial charge in [-0.05, 0) is 18.2 Å². The molecule has 0 spiro atoms. The highest BCUT2D eigenvalue weighted by molar-refractivity contribution is 5.65. The van der Waals surface area contributed by atoms with Crippen LogP contribution < -0.4 is 5.43 Å². The molecule has 0 atom stereocenters. The molecule has 0 aliphatic carbocycles. The van der Waals surface area contributed by atoms with Gasteiger partial charge in [-0.25, -0.2) is 0 Å². The van der Waals surface area contributed by atoms with Crippen molar-refractivity contribution in [2.75, 3.05) is 6.54 Å². The molecule has 1 N–H and O–H groups in total. The Hall–Kier alpha value is -2.25. The lowest BCUT2D eigenvalue weighted by molar-refractivity contribution is 0.0874. The lowest BCUT2D eigenvalue weighted by Gasteiger charge is -2.18. The lowest BCUT2D eigenvalue weighted by atomic mass is 10.1. The van der Waals surface area contributed by atoms with Gasteiger partial charge in [0, 0.05) is 18.0 Å². The summed E-state index contributed by atoms with van der Waals surface area (Å²) in [7, 11) is 0. The van der Waals surface area contributed by atoms with Gasteiger partial charge in [0.15, 0.2) is 0 Å². The molecule has 0 aromatic heterocycles. The van der Waals surface area contributed by atoms with Crippen LogP contribution in [0.15, 0.2) is 42.7 Å². The molecule has 1 aromatic carbocycles. The Morgan fingerprint density at radius 2 is 2.06 bits per heavy atom. The van der Waals surface area contributed by atoms with E-state index in [2.05, 4.69) is 17.6 Å². The van der Waals surface area contributed by atoms with Gasteiger partial charge in [0.2, 0.25) is 0 Å². The molecule has 0 bridgehead atoms. The zero-order valence-corrected chi connectivity index (χ0v) is 8.59. The quantitative estimate of drug-likeness (QED) is 0.761. The van der Waals surface area contributed by atoms with Crippen molar-refractivity contribution in [1.29, 1.82) is 5.26 Å². The second kappa shape index (κ2) is 3.40. The van der Waals surface area contributed by atoms with Crippen LogP contribution in [0.5, 0.6) is 0 Å². The van der Waals surface area contributed by atoms with Crippen molar-refractivity contribution >= 4 is 5.70 Å². The maximum atomic E-state index is 8.72. The van der Waals surface area contributed by atoms with E-state index < -0.39 is 0 Å². The first-order valence-corrected chi connectivity index (χ1v) is 5.08. The number of nitrogens with zero attached hydrogens (tertiary/aromatic N) is 3. The van der Waals surface area contributed by atoms with Crippen LogP contribution in [-0.4, -0.2) is 16.7 Å². The zero-order chi connectivity index (χ0) is 11.0. The topological polar surface area (TPSA) is 42.3 Å². The van der Waals surface area contributed by atoms with Crippen molar-refractivity contribution in [3.8, 4) is 6.07 Å². The minimum atomic E-state index is 0.683. The van der Waals surface area contributed by atoms with Crippen molar-refractivity contribution in [2.45, 2.75) is 0 Å². The summed E-state index contributed by atoms with van der Waals surface area (Å²) < 4.78 is 0. The number of rotatable bonds is 1. The van der Waals surface area contributed by atoms with Crippen LogP contribution in [0.1, 0.15) is 11.1 Å². The summed E-state index contributed by atoms with van der Waals surface area (Å²) in [5.74, 6) is 0. The minimum absolute atomic E-state index is 0.683. The first-order chi connectivity index (χ1) is 7.86. The Morgan fingerprint density at radius 3 is 2.75 bits per heavy atom. The van der Waals surface area contributed by atoms with Gasteiger partial charge in [-0.15, -0.1) is 5.12 Å². The number of benzene rings is 1. The first kappa shape index (κ1) is 9.01. The van der Waals surface area contributed by atoms with Crippen molar-refractivity contribution in [1.82, 2.24) is 15.6 Å². The molecule has 1 aromatic rings. The zero-order valence-electron chi connectivity index (χ0n) is 8.59. The van der Waals surface area contributed by atoms with Gasteiger partial charge in [0.05, 0.1) is 23.9 Å². The van der Waals surface area contributed by atoms with Crippen molar-refractivity contribution in [3.05, 3.63) is 53.9 Å². The maximum Gasteiger partial charge on any atom is 0.0991 e. The Bertz CT molecular complexity index is 507. The largest absolute Gasteiger partial charge is 0.299 e. The number of fused-ring (bicyclic) bond motifs is 1. The van der Waals surface area contributed by atoms with E-state index in [9.17, 15) is 0 Å². The van der Waals surface area contributed by atoms with Gasteiger partial charge in [-0.1, -0.05) is 12.1 Å². The smallest absolute Gasteiger partial charge is 0.0991 e. The summed E-state index contributed by atoms with van der Waals surface area (Å²) >= 11 is 0. The summed E-state index contributed by atoms with van der Waals surface area (Å²) in [6.45, 7) is 0.871. The third-order valence-corrected chi connectivity index (χ3v) is 2.65. The lowest BCUT2D eigenvalue weighted by Crippen LogP contribution is -2.35. The van der Waals surface area contributed by atoms with E-state index >= 15 is 0 Å². The molecule has 2 heterocycles. The van der Waals surface area contributed by atoms with E-state index in [1.807, 2.05) is 46.8 Å². The van der Waals surface area contributed by atoms with Crippen LogP contribution in [0, 0.1) is 11.3 Å². The van der Waals surface area contributed by atoms with Crippen molar-refractivity contribution in [3.63, 3.8) is 0 Å². The average molecular weight is 210 g/mol. The van der Waals surface area contributed by atoms with Crippen molar-refractivity contribution < 1.29 is 0 Å². The summed E-state index contributed by atoms with van der Waals surface area (Å²) in [4.78, 5) is 0. The SMILES string of the molecule is N#Cc1ccc(C2=CN3C=CCN3N2)cc1. The van der Waals surface area contributed by atoms with Crippen LogP contribution in [0.2, 0.25) is 0 Å². The summed E-state index contributed by atoms with van der Waals surface area (Å²) in [6.07, 6.45) is 6.13. The highest BCUT2D eigenvalue weighted by atomic mass is 15.8. The molecule has 0 saturated heterocycles. The fourth-order valence-electron chi connectivity index (χ4n) is 1.81. The Morgan fingerprint density at radius 1 is 1.25 bits per heavy atom. The normalized spacial score (nSPS) is 17.9. The van der Waals surface area contributed by atoms with Gasteiger partial charge < -0.3 is 0 Å². The van der Waals surface area contributed by atoms with E-state index in [0.717, 1.165) is 17.8 Å². The molecule has 4 nitrogen and oxygen atoms in total. The molecule has 2 aliphatic heterocycles. The number of hydrogen-bond donors (Lipinski definition) is 1. The molecule has 78 valence electrons. The monoisotopic (exact) mass is 210 g/mol. The molecular formula is C12H10N4. The van der Waals surface area contributed by atoms with Crippen molar-refractivity contribution in [2.24, 2.45) is 0 Å². The second-order valence-electron chi connectivity index (χ2n) is 3.69. The van der Waals surface area contributed by atoms with E-state index in [1.165, 1.54) is 0 Å². The first-order valence-electron chi connectivity index (χ1n) is 5.08. The highest BCUT2D eigenvalue weighted by Gasteiger charge is 2.22. The average Bonchev–Trinajstić information content (AvgIpc) is 2.89. The van der Waals surface area contributed by atoms with Gasteiger partial charge in [-0.2, -0.15) is 5.26 Å². The molecule has 16 heavy (non-hydrogen) atoms. The van der Waals surface area contributed by atoms with E-state index in [-0.39, 0.29) is 0 Å². The van der Waals surface area contributed by atoms with Crippen LogP contribution in [-0.2, 0) is 0 Å². The van der Waals surface area contributed by atoms with E-state index in [0.29, 0.717) is 5.56 Å². The third kappa shape index (κ3) is 1.35. The molecule has 2 aliphatic rings. The van der Waals surface area contributed by atoms with Crippen LogP contribution >= 0.6 is 0 Å². The third-order valence-electron chi connectivity index (χ3n) is 2.65. The predicted octanol–water partition coefficient (Wildman–Crippen LogP) is 1.42. The molecule has 4 heteroatoms. The second-order valence-corrected chi connectivity index (χ2v) is 3.69. The number of hydrazine groups is 2. The Kier molecular flexibility index (Phi) is 1.92. The molecule has 0 fully saturated rings. The van der Waals surface area contributed by atoms with Gasteiger partial charge in [0.25, 0.3) is 0 Å². The predicted molar refractivity (Wildman–Crippen MR) is 60.0 cm³/mol. The molecule has 3 rings (SSSR count). The summed E-state index contributed by atoms with van der Waals surface area (Å²) in [5, 5.41) is 12.7. The molecule has 0 unspecified atom stereocenters. The Labute approximate surface area is 93.6 Å². The molecule has 0 saturated carbocycles. The number of hydrogen-bond acceptors (Lipinski definition) is 4. The van der Waals surface area contributed by atoms with Crippen LogP contribution in [0.3, 0.4) is 0 Å². The maximum absolute atomic E-state index is 8.72. The summed E-state index contributed by atoms with van der Waals surface area (Å²) in [5.41, 5.74) is 6.10.